The van der Waals surface area contributed by atoms with Crippen LogP contribution in [0.4, 0.5) is 0 Å². The van der Waals surface area contributed by atoms with Gasteiger partial charge in [0.2, 0.25) is 0 Å². The van der Waals surface area contributed by atoms with E-state index in [2.05, 4.69) is 15.5 Å². The number of aromatic nitrogens is 4. The predicted molar refractivity (Wildman–Crippen MR) is 61.9 cm³/mol. The average molecular weight is 250 g/mol. The fraction of sp³-hybridized carbons (Fsp3) is 0.455. The molecule has 0 fully saturated rings. The van der Waals surface area contributed by atoms with Gasteiger partial charge in [-0.3, -0.25) is 4.79 Å². The maximum Gasteiger partial charge on any atom is 0.305 e. The van der Waals surface area contributed by atoms with E-state index in [-0.39, 0.29) is 12.5 Å². The fourth-order valence-electron chi connectivity index (χ4n) is 1.82. The van der Waals surface area contributed by atoms with Crippen LogP contribution in [0.15, 0.2) is 16.7 Å². The van der Waals surface area contributed by atoms with Crippen LogP contribution in [0.3, 0.4) is 0 Å². The molecular weight excluding hydrogens is 236 g/mol. The highest BCUT2D eigenvalue weighted by Gasteiger charge is 2.20. The van der Waals surface area contributed by atoms with Gasteiger partial charge in [-0.05, 0) is 23.4 Å². The monoisotopic (exact) mass is 250 g/mol. The van der Waals surface area contributed by atoms with Crippen LogP contribution in [0, 0.1) is 0 Å². The van der Waals surface area contributed by atoms with E-state index in [4.69, 9.17) is 9.52 Å². The number of hydrogen-bond acceptors (Lipinski definition) is 5. The quantitative estimate of drug-likeness (QED) is 0.864. The van der Waals surface area contributed by atoms with E-state index in [1.807, 2.05) is 6.92 Å². The Balaban J connectivity index is 2.36. The van der Waals surface area contributed by atoms with Crippen LogP contribution in [-0.2, 0) is 11.2 Å². The molecule has 1 unspecified atom stereocenters. The zero-order chi connectivity index (χ0) is 13.1. The van der Waals surface area contributed by atoms with Crippen LogP contribution in [0.1, 0.15) is 32.1 Å². The van der Waals surface area contributed by atoms with Gasteiger partial charge < -0.3 is 9.52 Å². The van der Waals surface area contributed by atoms with Crippen molar-refractivity contribution >= 4 is 5.97 Å². The van der Waals surface area contributed by atoms with Crippen molar-refractivity contribution in [3.63, 3.8) is 0 Å². The molecule has 0 saturated carbocycles. The molecule has 7 nitrogen and oxygen atoms in total. The van der Waals surface area contributed by atoms with Gasteiger partial charge >= 0.3 is 5.97 Å². The van der Waals surface area contributed by atoms with Crippen LogP contribution >= 0.6 is 0 Å². The van der Waals surface area contributed by atoms with E-state index < -0.39 is 5.97 Å². The van der Waals surface area contributed by atoms with E-state index in [1.54, 1.807) is 19.3 Å². The highest BCUT2D eigenvalue weighted by Crippen LogP contribution is 2.25. The number of tetrazole rings is 1. The first kappa shape index (κ1) is 12.3. The van der Waals surface area contributed by atoms with Gasteiger partial charge in [0.05, 0.1) is 24.3 Å². The molecule has 0 saturated heterocycles. The molecule has 0 amide bonds. The Labute approximate surface area is 103 Å². The lowest BCUT2D eigenvalue weighted by Gasteiger charge is -2.10. The van der Waals surface area contributed by atoms with Crippen LogP contribution in [0.5, 0.6) is 0 Å². The molecule has 2 aromatic heterocycles. The van der Waals surface area contributed by atoms with Crippen molar-refractivity contribution in [3.05, 3.63) is 18.1 Å². The summed E-state index contributed by atoms with van der Waals surface area (Å²) in [5.41, 5.74) is 0.805. The van der Waals surface area contributed by atoms with Crippen molar-refractivity contribution < 1.29 is 14.3 Å². The summed E-state index contributed by atoms with van der Waals surface area (Å²) in [6, 6.07) is 1.47. The molecule has 96 valence electrons. The van der Waals surface area contributed by atoms with Gasteiger partial charge in [-0.1, -0.05) is 6.92 Å². The number of hydrogen-bond donors (Lipinski definition) is 1. The number of rotatable bonds is 5. The van der Waals surface area contributed by atoms with Gasteiger partial charge in [0.1, 0.15) is 5.76 Å². The Bertz CT molecular complexity index is 546. The first-order valence-corrected chi connectivity index (χ1v) is 5.69. The van der Waals surface area contributed by atoms with Gasteiger partial charge in [-0.15, -0.1) is 5.10 Å². The molecule has 0 spiro atoms. The van der Waals surface area contributed by atoms with E-state index in [0.717, 1.165) is 17.7 Å². The normalized spacial score (nSPS) is 12.6. The van der Waals surface area contributed by atoms with Crippen LogP contribution in [-0.4, -0.2) is 31.3 Å². The van der Waals surface area contributed by atoms with Crippen molar-refractivity contribution in [1.82, 2.24) is 20.2 Å². The SMILES string of the molecule is CCc1occc1-c1nnnn1C(C)CC(=O)O. The van der Waals surface area contributed by atoms with E-state index in [9.17, 15) is 4.79 Å². The van der Waals surface area contributed by atoms with Crippen LogP contribution in [0.2, 0.25) is 0 Å². The number of aryl methyl sites for hydroxylation is 1. The first-order valence-electron chi connectivity index (χ1n) is 5.69. The molecule has 0 aromatic carbocycles. The Morgan fingerprint density at radius 1 is 1.61 bits per heavy atom. The summed E-state index contributed by atoms with van der Waals surface area (Å²) >= 11 is 0. The molecule has 2 heterocycles. The van der Waals surface area contributed by atoms with Gasteiger partial charge in [0.25, 0.3) is 0 Å². The van der Waals surface area contributed by atoms with Gasteiger partial charge in [-0.2, -0.15) is 0 Å². The Morgan fingerprint density at radius 2 is 2.39 bits per heavy atom. The molecule has 1 atom stereocenters. The number of nitrogens with zero attached hydrogens (tertiary/aromatic N) is 4. The summed E-state index contributed by atoms with van der Waals surface area (Å²) in [7, 11) is 0. The third-order valence-electron chi connectivity index (χ3n) is 2.69. The molecule has 2 aromatic rings. The summed E-state index contributed by atoms with van der Waals surface area (Å²) in [4.78, 5) is 10.7. The molecule has 2 rings (SSSR count). The topological polar surface area (TPSA) is 94.0 Å². The number of carboxylic acids is 1. The summed E-state index contributed by atoms with van der Waals surface area (Å²) in [6.45, 7) is 3.73. The number of carboxylic acid groups (broad SMARTS) is 1. The molecule has 0 bridgehead atoms. The van der Waals surface area contributed by atoms with E-state index in [1.165, 1.54) is 4.68 Å². The highest BCUT2D eigenvalue weighted by atomic mass is 16.4. The van der Waals surface area contributed by atoms with E-state index in [0.29, 0.717) is 5.82 Å². The second-order valence-corrected chi connectivity index (χ2v) is 4.00. The largest absolute Gasteiger partial charge is 0.481 e. The molecule has 0 aliphatic carbocycles. The minimum absolute atomic E-state index is 0.0304. The molecule has 7 heteroatoms. The third kappa shape index (κ3) is 2.24. The smallest absolute Gasteiger partial charge is 0.305 e. The molecule has 0 radical (unpaired) electrons. The average Bonchev–Trinajstić information content (AvgIpc) is 2.96. The number of aliphatic carboxylic acids is 1. The third-order valence-corrected chi connectivity index (χ3v) is 2.69. The van der Waals surface area contributed by atoms with Crippen LogP contribution in [0.25, 0.3) is 11.4 Å². The summed E-state index contributed by atoms with van der Waals surface area (Å²) in [5.74, 6) is 0.440. The zero-order valence-corrected chi connectivity index (χ0v) is 10.2. The van der Waals surface area contributed by atoms with Gasteiger partial charge in [0, 0.05) is 6.42 Å². The summed E-state index contributed by atoms with van der Waals surface area (Å²) in [5, 5.41) is 20.2. The van der Waals surface area contributed by atoms with Gasteiger partial charge in [-0.25, -0.2) is 4.68 Å². The van der Waals surface area contributed by atoms with E-state index >= 15 is 0 Å². The molecule has 18 heavy (non-hydrogen) atoms. The second-order valence-electron chi connectivity index (χ2n) is 4.00. The number of carbonyl (C=O) groups is 1. The number of furan rings is 1. The first-order chi connectivity index (χ1) is 8.63. The predicted octanol–water partition coefficient (Wildman–Crippen LogP) is 1.53. The highest BCUT2D eigenvalue weighted by molar-refractivity contribution is 5.67. The van der Waals surface area contributed by atoms with Crippen molar-refractivity contribution in [1.29, 1.82) is 0 Å². The molecule has 1 N–H and O–H groups in total. The van der Waals surface area contributed by atoms with Crippen molar-refractivity contribution in [2.75, 3.05) is 0 Å². The lowest BCUT2D eigenvalue weighted by atomic mass is 10.2. The summed E-state index contributed by atoms with van der Waals surface area (Å²) < 4.78 is 6.84. The molecule has 0 aliphatic heterocycles. The lowest BCUT2D eigenvalue weighted by molar-refractivity contribution is -0.137. The minimum Gasteiger partial charge on any atom is -0.481 e. The second kappa shape index (κ2) is 4.99. The van der Waals surface area contributed by atoms with Crippen molar-refractivity contribution in [2.45, 2.75) is 32.7 Å². The Kier molecular flexibility index (Phi) is 3.40. The molecular formula is C11H14N4O3. The van der Waals surface area contributed by atoms with Crippen molar-refractivity contribution in [3.8, 4) is 11.4 Å². The lowest BCUT2D eigenvalue weighted by Crippen LogP contribution is -2.13. The minimum atomic E-state index is -0.883. The van der Waals surface area contributed by atoms with Crippen LogP contribution < -0.4 is 0 Å². The maximum absolute atomic E-state index is 10.7. The fourth-order valence-corrected chi connectivity index (χ4v) is 1.82. The standard InChI is InChI=1S/C11H14N4O3/c1-3-9-8(4-5-18-9)11-12-13-14-15(11)7(2)6-10(16)17/h4-5,7H,3,6H2,1-2H3,(H,16,17). The molecule has 0 aliphatic rings. The van der Waals surface area contributed by atoms with Crippen molar-refractivity contribution in [2.24, 2.45) is 0 Å². The zero-order valence-electron chi connectivity index (χ0n) is 10.2. The Hall–Kier alpha value is -2.18. The Morgan fingerprint density at radius 3 is 3.06 bits per heavy atom. The van der Waals surface area contributed by atoms with Gasteiger partial charge in [0.15, 0.2) is 5.82 Å². The summed E-state index contributed by atoms with van der Waals surface area (Å²) in [6.07, 6.45) is 2.27. The maximum atomic E-state index is 10.7.